The normalized spacial score (nSPS) is 12.4. The highest BCUT2D eigenvalue weighted by molar-refractivity contribution is 5.87. The summed E-state index contributed by atoms with van der Waals surface area (Å²) < 4.78 is 22.4. The number of ether oxygens (including phenoxy) is 4. The Balaban J connectivity index is 0.000000147. The number of rotatable bonds is 18. The number of hydrogen-bond acceptors (Lipinski definition) is 19. The standard InChI is InChI=1S/C17H17N3O3.C16H16N2O2.C16H14N2O2.C16H13NO2.C13H11NO2.C3H4O/c18-17(21)20(22)10-14-8-15-7-12(3-4-16(15)23-11-14)6-13-2-1-5-19-9-13;2*19-18-10-14-8-15-7-12(3-4-16(15)20-11-14)6-13-2-1-5-17-9-13;18-10-14-8-15-7-12(3-4-16(15)19-11-14)6-13-2-1-5-17-9-13;15-9-12-7-10(3-4-13(12)16)6-11-2-1-5-14-8-11;1-2-3-4/h1-5,7-9,22H,6,10-11H2,(H2,18,21);1-5,7-9,18-19H,6,10-11H2;1-5,7-10,19H,6,11H2;1-5,7-10H,6,11H2;1-5,7-9,16H,6H2;2-3H,1H2/b;;18-10+;;;. The van der Waals surface area contributed by atoms with E-state index >= 15 is 0 Å². The first-order valence-electron chi connectivity index (χ1n) is 32.2. The fourth-order valence-electron chi connectivity index (χ4n) is 10.8. The predicted octanol–water partition coefficient (Wildman–Crippen LogP) is 12.8. The van der Waals surface area contributed by atoms with Gasteiger partial charge in [0, 0.05) is 102 Å². The van der Waals surface area contributed by atoms with E-state index in [1.54, 1.807) is 49.3 Å². The molecule has 0 atom stereocenters. The van der Waals surface area contributed by atoms with E-state index in [2.05, 4.69) is 96.7 Å². The number of aromatic hydroxyl groups is 1. The number of aromatic nitrogens is 5. The predicted molar refractivity (Wildman–Crippen MR) is 389 cm³/mol. The van der Waals surface area contributed by atoms with Crippen LogP contribution in [0.4, 0.5) is 4.79 Å². The average Bonchev–Trinajstić information content (AvgIpc) is 0.855. The molecule has 0 aliphatic carbocycles. The number of amides is 2. The highest BCUT2D eigenvalue weighted by atomic mass is 16.5. The van der Waals surface area contributed by atoms with Crippen LogP contribution in [0.1, 0.15) is 88.2 Å². The highest BCUT2D eigenvalue weighted by Crippen LogP contribution is 2.32. The van der Waals surface area contributed by atoms with Crippen LogP contribution in [0.15, 0.2) is 254 Å². The molecule has 102 heavy (non-hydrogen) atoms. The van der Waals surface area contributed by atoms with Gasteiger partial charge in [0.25, 0.3) is 0 Å². The fourth-order valence-corrected chi connectivity index (χ4v) is 10.8. The first-order valence-corrected chi connectivity index (χ1v) is 32.2. The minimum Gasteiger partial charge on any atom is -0.507 e. The third-order valence-electron chi connectivity index (χ3n) is 15.6. The smallest absolute Gasteiger partial charge is 0.338 e. The van der Waals surface area contributed by atoms with Gasteiger partial charge in [0.1, 0.15) is 67.7 Å². The molecule has 10 aromatic rings. The van der Waals surface area contributed by atoms with Gasteiger partial charge in [-0.25, -0.2) is 15.3 Å². The van der Waals surface area contributed by atoms with Crippen LogP contribution in [0.3, 0.4) is 0 Å². The van der Waals surface area contributed by atoms with Crippen LogP contribution < -0.4 is 30.2 Å². The van der Waals surface area contributed by atoms with Gasteiger partial charge >= 0.3 is 6.03 Å². The van der Waals surface area contributed by atoms with E-state index in [0.717, 1.165) is 116 Å². The Labute approximate surface area is 590 Å². The van der Waals surface area contributed by atoms with Crippen LogP contribution >= 0.6 is 0 Å². The lowest BCUT2D eigenvalue weighted by atomic mass is 10.0. The molecule has 0 unspecified atom stereocenters. The van der Waals surface area contributed by atoms with Gasteiger partial charge in [-0.2, -0.15) is 0 Å². The molecule has 0 bridgehead atoms. The van der Waals surface area contributed by atoms with E-state index in [9.17, 15) is 24.7 Å². The van der Waals surface area contributed by atoms with Gasteiger partial charge in [-0.3, -0.25) is 44.5 Å². The number of phenolic OH excluding ortho intramolecular Hbond substituents is 1. The number of fused-ring (bicyclic) bond motifs is 4. The summed E-state index contributed by atoms with van der Waals surface area (Å²) in [6.07, 6.45) is 34.6. The second kappa shape index (κ2) is 38.9. The van der Waals surface area contributed by atoms with Gasteiger partial charge in [0.2, 0.25) is 0 Å². The average molecular weight is 1370 g/mol. The maximum absolute atomic E-state index is 10.9. The molecule has 0 saturated carbocycles. The second-order valence-electron chi connectivity index (χ2n) is 23.4. The van der Waals surface area contributed by atoms with Gasteiger partial charge in [0.05, 0.1) is 18.3 Å². The van der Waals surface area contributed by atoms with Crippen molar-refractivity contribution in [2.75, 3.05) is 39.5 Å². The molecule has 2 amide bonds. The number of pyridine rings is 5. The summed E-state index contributed by atoms with van der Waals surface area (Å²) in [5.41, 5.74) is 26.2. The molecule has 0 saturated heterocycles. The van der Waals surface area contributed by atoms with Gasteiger partial charge in [0.15, 0.2) is 6.29 Å². The molecule has 21 heteroatoms. The van der Waals surface area contributed by atoms with Crippen LogP contribution in [0, 0.1) is 0 Å². The molecule has 0 fully saturated rings. The molecule has 14 rings (SSSR count). The first kappa shape index (κ1) is 73.4. The summed E-state index contributed by atoms with van der Waals surface area (Å²) in [4.78, 5) is 61.9. The molecule has 4 aliphatic heterocycles. The molecular weight excluding hydrogens is 1290 g/mol. The quantitative estimate of drug-likeness (QED) is 0.0116. The lowest BCUT2D eigenvalue weighted by Crippen LogP contribution is -2.35. The minimum absolute atomic E-state index is 0.0185. The first-order chi connectivity index (χ1) is 49.9. The molecular formula is C81H75N9O12. The van der Waals surface area contributed by atoms with E-state index < -0.39 is 6.03 Å². The molecule has 5 aromatic carbocycles. The number of nitrogens with one attached hydrogen (secondary N) is 1. The molecule has 7 N–H and O–H groups in total. The molecule has 516 valence electrons. The summed E-state index contributed by atoms with van der Waals surface area (Å²) in [7, 11) is 0. The third kappa shape index (κ3) is 23.2. The number of aldehydes is 3. The van der Waals surface area contributed by atoms with E-state index in [4.69, 9.17) is 39.9 Å². The number of nitrogens with two attached hydrogens (primary N) is 1. The van der Waals surface area contributed by atoms with Crippen LogP contribution in [0.5, 0.6) is 28.7 Å². The Morgan fingerprint density at radius 3 is 1.20 bits per heavy atom. The summed E-state index contributed by atoms with van der Waals surface area (Å²) in [6.45, 7) is 5.19. The number of allylic oxidation sites excluding steroid dienone is 1. The largest absolute Gasteiger partial charge is 0.507 e. The molecule has 5 aromatic heterocycles. The van der Waals surface area contributed by atoms with Crippen LogP contribution in [0.2, 0.25) is 0 Å². The Morgan fingerprint density at radius 2 is 0.843 bits per heavy atom. The third-order valence-corrected chi connectivity index (χ3v) is 15.6. The van der Waals surface area contributed by atoms with Crippen molar-refractivity contribution < 1.29 is 58.9 Å². The van der Waals surface area contributed by atoms with Crippen LogP contribution in [-0.2, 0) is 41.7 Å². The summed E-state index contributed by atoms with van der Waals surface area (Å²) in [5.74, 6) is 3.38. The summed E-state index contributed by atoms with van der Waals surface area (Å²) in [5, 5.41) is 39.6. The zero-order chi connectivity index (χ0) is 71.7. The number of oxime groups is 1. The van der Waals surface area contributed by atoms with Crippen molar-refractivity contribution in [3.8, 4) is 28.7 Å². The monoisotopic (exact) mass is 1370 g/mol. The SMILES string of the molecule is C=CC=O.NC(=O)N(O)CC1=Cc2cc(Cc3cccnc3)ccc2OC1.O/N=C/C1=Cc2cc(Cc3cccnc3)ccc2OC1.O=CC1=Cc2cc(Cc3cccnc3)ccc2OC1.O=Cc1cc(Cc2cccnc2)ccc1O.ONCC1=Cc2cc(Cc3cccnc3)ccc2OC1. The van der Waals surface area contributed by atoms with Crippen molar-refractivity contribution in [3.05, 3.63) is 332 Å². The zero-order valence-electron chi connectivity index (χ0n) is 55.7. The number of primary amides is 1. The van der Waals surface area contributed by atoms with Crippen molar-refractivity contribution >= 4 is 55.4 Å². The number of benzene rings is 5. The number of hydrogen-bond donors (Lipinski definition) is 6. The van der Waals surface area contributed by atoms with Crippen LogP contribution in [0.25, 0.3) is 24.3 Å². The van der Waals surface area contributed by atoms with Gasteiger partial charge in [-0.15, -0.1) is 0 Å². The van der Waals surface area contributed by atoms with Crippen molar-refractivity contribution in [1.29, 1.82) is 0 Å². The Morgan fingerprint density at radius 1 is 0.490 bits per heavy atom. The number of phenols is 1. The molecule has 4 aliphatic rings. The van der Waals surface area contributed by atoms with Crippen LogP contribution in [-0.4, -0.2) is 121 Å². The summed E-state index contributed by atoms with van der Waals surface area (Å²) in [6, 6.07) is 48.3. The minimum atomic E-state index is -0.887. The molecule has 21 nitrogen and oxygen atoms in total. The van der Waals surface area contributed by atoms with E-state index in [1.807, 2.05) is 128 Å². The highest BCUT2D eigenvalue weighted by Gasteiger charge is 2.18. The molecule has 0 radical (unpaired) electrons. The van der Waals surface area contributed by atoms with Crippen molar-refractivity contribution in [3.63, 3.8) is 0 Å². The van der Waals surface area contributed by atoms with Gasteiger partial charge in [-0.05, 0) is 220 Å². The van der Waals surface area contributed by atoms with E-state index in [0.29, 0.717) is 68.2 Å². The zero-order valence-corrected chi connectivity index (χ0v) is 55.7. The number of nitrogens with zero attached hydrogens (tertiary/aromatic N) is 7. The van der Waals surface area contributed by atoms with Crippen molar-refractivity contribution in [2.45, 2.75) is 32.1 Å². The Kier molecular flexibility index (Phi) is 28.0. The van der Waals surface area contributed by atoms with E-state index in [1.165, 1.54) is 51.7 Å². The van der Waals surface area contributed by atoms with Crippen molar-refractivity contribution in [2.24, 2.45) is 10.9 Å². The summed E-state index contributed by atoms with van der Waals surface area (Å²) >= 11 is 0. The number of urea groups is 1. The second-order valence-corrected chi connectivity index (χ2v) is 23.4. The molecule has 0 spiro atoms. The van der Waals surface area contributed by atoms with Gasteiger partial charge < -0.3 is 40.2 Å². The lowest BCUT2D eigenvalue weighted by molar-refractivity contribution is -0.105. The number of carbonyl (C=O) groups is 4. The van der Waals surface area contributed by atoms with Gasteiger partial charge in [-0.1, -0.05) is 72.4 Å². The maximum atomic E-state index is 10.9. The number of hydroxylamine groups is 3. The Bertz CT molecular complexity index is 4590. The Hall–Kier alpha value is -12.8. The number of carbonyl (C=O) groups excluding carboxylic acids is 4. The molecule has 9 heterocycles. The fraction of sp³-hybridized carbons (Fsp3) is 0.136. The lowest BCUT2D eigenvalue weighted by Gasteiger charge is -2.21. The van der Waals surface area contributed by atoms with E-state index in [-0.39, 0.29) is 12.3 Å². The topological polar surface area (TPSA) is 304 Å². The maximum Gasteiger partial charge on any atom is 0.338 e. The van der Waals surface area contributed by atoms with Crippen molar-refractivity contribution in [1.82, 2.24) is 35.5 Å².